The Balaban J connectivity index is 1.97. The van der Waals surface area contributed by atoms with E-state index in [1.165, 1.54) is 5.56 Å². The van der Waals surface area contributed by atoms with Gasteiger partial charge in [-0.1, -0.05) is 48.3 Å². The second-order valence-corrected chi connectivity index (χ2v) is 5.30. The molecule has 1 heterocycles. The van der Waals surface area contributed by atoms with Gasteiger partial charge in [0.2, 0.25) is 0 Å². The summed E-state index contributed by atoms with van der Waals surface area (Å²) in [6, 6.07) is 10.2. The number of ether oxygens (including phenoxy) is 1. The maximum Gasteiger partial charge on any atom is 0.397 e. The van der Waals surface area contributed by atoms with Gasteiger partial charge >= 0.3 is 11.9 Å². The highest BCUT2D eigenvalue weighted by Crippen LogP contribution is 2.45. The fraction of sp³-hybridized carbons (Fsp3) is 0.438. The summed E-state index contributed by atoms with van der Waals surface area (Å²) in [4.78, 5) is 16.0. The fourth-order valence-electron chi connectivity index (χ4n) is 3.07. The van der Waals surface area contributed by atoms with E-state index in [0.29, 0.717) is 12.4 Å². The van der Waals surface area contributed by atoms with E-state index in [4.69, 9.17) is 9.26 Å². The molecular formula is C16H18N2O3. The number of rotatable bonds is 4. The Morgan fingerprint density at radius 2 is 2.00 bits per heavy atom. The molecule has 0 saturated heterocycles. The largest absolute Gasteiger partial charge is 0.459 e. The molecule has 110 valence electrons. The molecule has 5 nitrogen and oxygen atoms in total. The molecule has 0 aliphatic heterocycles. The third-order valence-corrected chi connectivity index (χ3v) is 4.09. The van der Waals surface area contributed by atoms with Crippen molar-refractivity contribution in [3.63, 3.8) is 0 Å². The molecule has 0 amide bonds. The summed E-state index contributed by atoms with van der Waals surface area (Å²) in [7, 11) is 0. The van der Waals surface area contributed by atoms with E-state index in [1.54, 1.807) is 6.92 Å². The third-order valence-electron chi connectivity index (χ3n) is 4.09. The number of carbonyl (C=O) groups excluding carboxylic acids is 1. The molecule has 1 aliphatic carbocycles. The normalized spacial score (nSPS) is 16.8. The molecule has 0 bridgehead atoms. The maximum atomic E-state index is 11.7. The van der Waals surface area contributed by atoms with Crippen molar-refractivity contribution >= 4 is 5.97 Å². The molecule has 1 fully saturated rings. The van der Waals surface area contributed by atoms with Crippen molar-refractivity contribution in [1.29, 1.82) is 0 Å². The number of nitrogens with zero attached hydrogens (tertiary/aromatic N) is 2. The van der Waals surface area contributed by atoms with E-state index in [2.05, 4.69) is 22.3 Å². The van der Waals surface area contributed by atoms with Crippen molar-refractivity contribution in [1.82, 2.24) is 10.1 Å². The highest BCUT2D eigenvalue weighted by Gasteiger charge is 2.42. The second-order valence-electron chi connectivity index (χ2n) is 5.30. The van der Waals surface area contributed by atoms with Crippen LogP contribution in [0.5, 0.6) is 0 Å². The molecule has 0 radical (unpaired) electrons. The van der Waals surface area contributed by atoms with Gasteiger partial charge in [0.15, 0.2) is 5.82 Å². The van der Waals surface area contributed by atoms with Crippen molar-refractivity contribution in [2.45, 2.75) is 38.0 Å². The quantitative estimate of drug-likeness (QED) is 0.808. The first-order chi connectivity index (χ1) is 10.3. The van der Waals surface area contributed by atoms with Crippen LogP contribution in [-0.2, 0) is 10.2 Å². The highest BCUT2D eigenvalue weighted by atomic mass is 16.6. The highest BCUT2D eigenvalue weighted by molar-refractivity contribution is 5.84. The average Bonchev–Trinajstić information content (AvgIpc) is 3.18. The van der Waals surface area contributed by atoms with Crippen LogP contribution in [0.4, 0.5) is 0 Å². The number of aromatic nitrogens is 2. The van der Waals surface area contributed by atoms with Gasteiger partial charge in [-0.2, -0.15) is 4.98 Å². The molecule has 2 aromatic rings. The van der Waals surface area contributed by atoms with Gasteiger partial charge < -0.3 is 9.26 Å². The molecule has 1 aromatic carbocycles. The summed E-state index contributed by atoms with van der Waals surface area (Å²) in [5.41, 5.74) is 0.939. The molecule has 0 N–H and O–H groups in total. The van der Waals surface area contributed by atoms with E-state index in [9.17, 15) is 4.79 Å². The van der Waals surface area contributed by atoms with Crippen LogP contribution in [0.25, 0.3) is 0 Å². The van der Waals surface area contributed by atoms with Crippen molar-refractivity contribution < 1.29 is 14.1 Å². The van der Waals surface area contributed by atoms with Crippen LogP contribution >= 0.6 is 0 Å². The zero-order valence-electron chi connectivity index (χ0n) is 12.0. The van der Waals surface area contributed by atoms with Gasteiger partial charge in [-0.25, -0.2) is 4.79 Å². The monoisotopic (exact) mass is 286 g/mol. The molecule has 1 saturated carbocycles. The van der Waals surface area contributed by atoms with E-state index in [-0.39, 0.29) is 11.3 Å². The first-order valence-electron chi connectivity index (χ1n) is 7.33. The van der Waals surface area contributed by atoms with Gasteiger partial charge in [0, 0.05) is 0 Å². The Bertz CT molecular complexity index is 615. The first-order valence-corrected chi connectivity index (χ1v) is 7.33. The second kappa shape index (κ2) is 5.68. The number of benzene rings is 1. The molecule has 0 unspecified atom stereocenters. The van der Waals surface area contributed by atoms with Crippen LogP contribution in [0, 0.1) is 0 Å². The Kier molecular flexibility index (Phi) is 3.73. The Morgan fingerprint density at radius 1 is 1.29 bits per heavy atom. The Morgan fingerprint density at radius 3 is 2.67 bits per heavy atom. The lowest BCUT2D eigenvalue weighted by Crippen LogP contribution is -2.25. The molecule has 21 heavy (non-hydrogen) atoms. The van der Waals surface area contributed by atoms with Crippen molar-refractivity contribution in [2.24, 2.45) is 0 Å². The summed E-state index contributed by atoms with van der Waals surface area (Å²) in [5.74, 6) is -0.0271. The minimum absolute atomic E-state index is 0.0611. The Hall–Kier alpha value is -2.17. The van der Waals surface area contributed by atoms with Crippen molar-refractivity contribution in [2.75, 3.05) is 6.61 Å². The predicted octanol–water partition coefficient (Wildman–Crippen LogP) is 3.11. The lowest BCUT2D eigenvalue weighted by molar-refractivity contribution is 0.0470. The number of carbonyl (C=O) groups is 1. The van der Waals surface area contributed by atoms with Gasteiger partial charge in [0.1, 0.15) is 0 Å². The minimum atomic E-state index is -0.558. The molecule has 0 atom stereocenters. The van der Waals surface area contributed by atoms with Crippen LogP contribution in [0.1, 0.15) is 54.7 Å². The van der Waals surface area contributed by atoms with Gasteiger partial charge in [-0.15, -0.1) is 0 Å². The fourth-order valence-corrected chi connectivity index (χ4v) is 3.07. The van der Waals surface area contributed by atoms with Crippen LogP contribution in [0.15, 0.2) is 34.9 Å². The first kappa shape index (κ1) is 13.8. The van der Waals surface area contributed by atoms with Crippen LogP contribution in [-0.4, -0.2) is 22.7 Å². The lowest BCUT2D eigenvalue weighted by Gasteiger charge is -2.25. The molecule has 1 aliphatic rings. The van der Waals surface area contributed by atoms with E-state index in [0.717, 1.165) is 25.7 Å². The van der Waals surface area contributed by atoms with E-state index in [1.807, 2.05) is 18.2 Å². The summed E-state index contributed by atoms with van der Waals surface area (Å²) in [6.45, 7) is 2.04. The summed E-state index contributed by atoms with van der Waals surface area (Å²) in [5, 5.41) is 4.06. The molecule has 0 spiro atoms. The zero-order chi connectivity index (χ0) is 14.7. The van der Waals surface area contributed by atoms with E-state index < -0.39 is 5.97 Å². The standard InChI is InChI=1S/C16H18N2O3/c1-2-20-14(19)13-17-15(18-21-13)16(10-6-7-11-16)12-8-4-3-5-9-12/h3-5,8-9H,2,6-7,10-11H2,1H3. The molecule has 1 aromatic heterocycles. The van der Waals surface area contributed by atoms with Gasteiger partial charge in [-0.05, 0) is 25.3 Å². The van der Waals surface area contributed by atoms with Gasteiger partial charge in [0.25, 0.3) is 0 Å². The van der Waals surface area contributed by atoms with Gasteiger partial charge in [0.05, 0.1) is 12.0 Å². The van der Waals surface area contributed by atoms with Crippen LogP contribution in [0.2, 0.25) is 0 Å². The van der Waals surface area contributed by atoms with Crippen molar-refractivity contribution in [3.8, 4) is 0 Å². The number of esters is 1. The molecule has 3 rings (SSSR count). The topological polar surface area (TPSA) is 65.2 Å². The van der Waals surface area contributed by atoms with E-state index >= 15 is 0 Å². The number of hydrogen-bond donors (Lipinski definition) is 0. The molecular weight excluding hydrogens is 268 g/mol. The van der Waals surface area contributed by atoms with Crippen molar-refractivity contribution in [3.05, 3.63) is 47.6 Å². The van der Waals surface area contributed by atoms with Crippen LogP contribution < -0.4 is 0 Å². The third kappa shape index (κ3) is 2.44. The summed E-state index contributed by atoms with van der Waals surface area (Å²) in [6.07, 6.45) is 4.19. The summed E-state index contributed by atoms with van der Waals surface area (Å²) < 4.78 is 10.0. The zero-order valence-corrected chi connectivity index (χ0v) is 12.0. The molecule has 5 heteroatoms. The minimum Gasteiger partial charge on any atom is -0.459 e. The maximum absolute atomic E-state index is 11.7. The van der Waals surface area contributed by atoms with Gasteiger partial charge in [-0.3, -0.25) is 0 Å². The van der Waals surface area contributed by atoms with Crippen LogP contribution in [0.3, 0.4) is 0 Å². The average molecular weight is 286 g/mol. The smallest absolute Gasteiger partial charge is 0.397 e. The Labute approximate surface area is 123 Å². The predicted molar refractivity (Wildman–Crippen MR) is 75.9 cm³/mol. The lowest BCUT2D eigenvalue weighted by atomic mass is 9.78. The summed E-state index contributed by atoms with van der Waals surface area (Å²) >= 11 is 0. The number of hydrogen-bond acceptors (Lipinski definition) is 5. The SMILES string of the molecule is CCOC(=O)c1nc(C2(c3ccccc3)CCCC2)no1.